The monoisotopic (exact) mass is 507 g/mol. The number of hydrogen-bond donors (Lipinski definition) is 1. The Morgan fingerprint density at radius 2 is 1.94 bits per heavy atom. The molecule has 3 rings (SSSR count). The van der Waals surface area contributed by atoms with Gasteiger partial charge >= 0.3 is 5.95 Å². The Kier molecular flexibility index (Phi) is 8.16. The third-order valence-electron chi connectivity index (χ3n) is 6.67. The summed E-state index contributed by atoms with van der Waals surface area (Å²) in [6, 6.07) is 0.575. The number of likely N-dealkylation sites (tertiary alicyclic amines) is 1. The molecule has 1 N–H and O–H groups in total. The zero-order valence-electron chi connectivity index (χ0n) is 20.8. The molecule has 1 atom stereocenters. The minimum Gasteiger partial charge on any atom is -0.496 e. The van der Waals surface area contributed by atoms with E-state index in [-0.39, 0.29) is 29.7 Å². The molecule has 1 unspecified atom stereocenters. The van der Waals surface area contributed by atoms with E-state index in [9.17, 15) is 23.3 Å². The number of carbonyl (C=O) groups excluding carboxylic acids is 1. The number of carbonyl (C=O) groups is 1. The number of methoxy groups -OCH3 is 1. The average Bonchev–Trinajstić information content (AvgIpc) is 3.28. The molecule has 2 aromatic rings. The lowest BCUT2D eigenvalue weighted by atomic mass is 9.98. The highest BCUT2D eigenvalue weighted by Crippen LogP contribution is 2.31. The standard InChI is InChI=1S/C23H33N5O6S/c1-15-6-10-26(11-7-15)22(29)19(8-12-27-13-9-24-23(27)28(30)31)25-35(32,33)21-16(2)14-20(34-5)17(3)18(21)4/h9,13-15,19,25H,6-8,10-12H2,1-5H3. The average molecular weight is 508 g/mol. The van der Waals surface area contributed by atoms with Gasteiger partial charge in [-0.15, -0.1) is 0 Å². The van der Waals surface area contributed by atoms with E-state index in [0.717, 1.165) is 12.8 Å². The molecule has 1 aromatic carbocycles. The number of imidazole rings is 1. The van der Waals surface area contributed by atoms with Gasteiger partial charge in [0, 0.05) is 19.5 Å². The summed E-state index contributed by atoms with van der Waals surface area (Å²) in [7, 11) is -2.57. The summed E-state index contributed by atoms with van der Waals surface area (Å²) in [6.45, 7) is 8.43. The van der Waals surface area contributed by atoms with E-state index in [1.807, 2.05) is 0 Å². The van der Waals surface area contributed by atoms with Crippen molar-refractivity contribution in [3.8, 4) is 5.75 Å². The second-order valence-electron chi connectivity index (χ2n) is 9.12. The molecule has 0 saturated carbocycles. The molecule has 1 saturated heterocycles. The number of aromatic nitrogens is 2. The molecule has 1 aromatic heterocycles. The summed E-state index contributed by atoms with van der Waals surface area (Å²) in [5.74, 6) is 0.392. The SMILES string of the molecule is COc1cc(C)c(S(=O)(=O)NC(CCn2ccnc2[N+](=O)[O-])C(=O)N2CCC(C)CC2)c(C)c1C. The minimum atomic E-state index is -4.09. The number of benzene rings is 1. The molecule has 0 aliphatic carbocycles. The number of nitrogens with zero attached hydrogens (tertiary/aromatic N) is 4. The minimum absolute atomic E-state index is 0.0363. The maximum Gasteiger partial charge on any atom is 0.434 e. The van der Waals surface area contributed by atoms with Gasteiger partial charge < -0.3 is 19.8 Å². The van der Waals surface area contributed by atoms with Crippen LogP contribution in [0.25, 0.3) is 0 Å². The van der Waals surface area contributed by atoms with Crippen molar-refractivity contribution in [2.75, 3.05) is 20.2 Å². The van der Waals surface area contributed by atoms with Gasteiger partial charge in [0.05, 0.1) is 18.6 Å². The fraction of sp³-hybridized carbons (Fsp3) is 0.565. The lowest BCUT2D eigenvalue weighted by Gasteiger charge is -2.33. The van der Waals surface area contributed by atoms with E-state index < -0.39 is 21.0 Å². The van der Waals surface area contributed by atoms with Crippen LogP contribution in [0.2, 0.25) is 0 Å². The molecule has 1 aliphatic rings. The summed E-state index contributed by atoms with van der Waals surface area (Å²) in [6.07, 6.45) is 4.46. The van der Waals surface area contributed by atoms with E-state index in [1.54, 1.807) is 31.7 Å². The molecule has 11 nitrogen and oxygen atoms in total. The highest BCUT2D eigenvalue weighted by Gasteiger charge is 2.33. The third-order valence-corrected chi connectivity index (χ3v) is 8.43. The molecule has 1 fully saturated rings. The first-order valence-corrected chi connectivity index (χ1v) is 13.1. The Morgan fingerprint density at radius 1 is 1.29 bits per heavy atom. The van der Waals surface area contributed by atoms with Crippen LogP contribution in [0.1, 0.15) is 42.9 Å². The fourth-order valence-electron chi connectivity index (χ4n) is 4.49. The molecule has 1 amide bonds. The third kappa shape index (κ3) is 5.81. The maximum atomic E-state index is 13.6. The van der Waals surface area contributed by atoms with Gasteiger partial charge in [0.2, 0.25) is 15.9 Å². The van der Waals surface area contributed by atoms with Crippen molar-refractivity contribution in [2.45, 2.75) is 64.4 Å². The molecule has 0 bridgehead atoms. The summed E-state index contributed by atoms with van der Waals surface area (Å²) in [4.78, 5) is 29.6. The van der Waals surface area contributed by atoms with Crippen LogP contribution in [0, 0.1) is 36.8 Å². The van der Waals surface area contributed by atoms with Gasteiger partial charge in [-0.3, -0.25) is 4.79 Å². The van der Waals surface area contributed by atoms with Crippen molar-refractivity contribution in [3.05, 3.63) is 45.3 Å². The van der Waals surface area contributed by atoms with Gasteiger partial charge in [-0.25, -0.2) is 13.0 Å². The number of piperidine rings is 1. The quantitative estimate of drug-likeness (QED) is 0.407. The van der Waals surface area contributed by atoms with Gasteiger partial charge in [-0.05, 0) is 67.2 Å². The van der Waals surface area contributed by atoms with Crippen LogP contribution in [0.4, 0.5) is 5.95 Å². The first kappa shape index (κ1) is 26.6. The molecule has 2 heterocycles. The number of amides is 1. The number of aryl methyl sites for hydroxylation is 2. The van der Waals surface area contributed by atoms with Crippen LogP contribution in [0.15, 0.2) is 23.4 Å². The lowest BCUT2D eigenvalue weighted by Crippen LogP contribution is -2.51. The summed E-state index contributed by atoms with van der Waals surface area (Å²) < 4.78 is 36.4. The Morgan fingerprint density at radius 3 is 2.54 bits per heavy atom. The first-order valence-electron chi connectivity index (χ1n) is 11.6. The molecule has 35 heavy (non-hydrogen) atoms. The second-order valence-corrected chi connectivity index (χ2v) is 10.8. The van der Waals surface area contributed by atoms with Crippen LogP contribution >= 0.6 is 0 Å². The van der Waals surface area contributed by atoms with Crippen molar-refractivity contribution >= 4 is 21.9 Å². The van der Waals surface area contributed by atoms with Gasteiger partial charge in [-0.2, -0.15) is 4.72 Å². The van der Waals surface area contributed by atoms with Crippen molar-refractivity contribution < 1.29 is 22.9 Å². The van der Waals surface area contributed by atoms with E-state index in [1.165, 1.54) is 24.1 Å². The van der Waals surface area contributed by atoms with E-state index in [2.05, 4.69) is 16.6 Å². The van der Waals surface area contributed by atoms with E-state index in [0.29, 0.717) is 41.4 Å². The predicted molar refractivity (Wildman–Crippen MR) is 130 cm³/mol. The van der Waals surface area contributed by atoms with E-state index in [4.69, 9.17) is 4.74 Å². The van der Waals surface area contributed by atoms with Gasteiger partial charge in [0.15, 0.2) is 0 Å². The number of ether oxygens (including phenoxy) is 1. The topological polar surface area (TPSA) is 137 Å². The number of hydrogen-bond acceptors (Lipinski definition) is 7. The Hall–Kier alpha value is -2.99. The van der Waals surface area contributed by atoms with Gasteiger partial charge in [-0.1, -0.05) is 11.9 Å². The number of nitrogens with one attached hydrogen (secondary N) is 1. The van der Waals surface area contributed by atoms with Gasteiger partial charge in [0.25, 0.3) is 0 Å². The Balaban J connectivity index is 1.92. The smallest absolute Gasteiger partial charge is 0.434 e. The predicted octanol–water partition coefficient (Wildman–Crippen LogP) is 2.72. The summed E-state index contributed by atoms with van der Waals surface area (Å²) in [5, 5.41) is 11.2. The molecular formula is C23H33N5O6S. The Bertz CT molecular complexity index is 1200. The second kappa shape index (κ2) is 10.7. The Labute approximate surface area is 205 Å². The van der Waals surface area contributed by atoms with E-state index >= 15 is 0 Å². The normalized spacial score (nSPS) is 15.7. The number of sulfonamides is 1. The van der Waals surface area contributed by atoms with Crippen LogP contribution in [0.3, 0.4) is 0 Å². The van der Waals surface area contributed by atoms with Crippen LogP contribution in [-0.4, -0.2) is 59.9 Å². The molecule has 0 spiro atoms. The fourth-order valence-corrected chi connectivity index (χ4v) is 6.24. The van der Waals surface area contributed by atoms with Crippen LogP contribution < -0.4 is 9.46 Å². The van der Waals surface area contributed by atoms with Crippen molar-refractivity contribution in [2.24, 2.45) is 5.92 Å². The van der Waals surface area contributed by atoms with Crippen molar-refractivity contribution in [3.63, 3.8) is 0 Å². The van der Waals surface area contributed by atoms with Crippen LogP contribution in [-0.2, 0) is 21.4 Å². The van der Waals surface area contributed by atoms with Crippen LogP contribution in [0.5, 0.6) is 5.75 Å². The maximum absolute atomic E-state index is 13.6. The molecular weight excluding hydrogens is 474 g/mol. The highest BCUT2D eigenvalue weighted by molar-refractivity contribution is 7.89. The number of nitro groups is 1. The van der Waals surface area contributed by atoms with Crippen molar-refractivity contribution in [1.82, 2.24) is 19.2 Å². The van der Waals surface area contributed by atoms with Gasteiger partial charge in [0.1, 0.15) is 24.2 Å². The largest absolute Gasteiger partial charge is 0.496 e. The molecule has 192 valence electrons. The summed E-state index contributed by atoms with van der Waals surface area (Å²) in [5.41, 5.74) is 1.73. The zero-order chi connectivity index (χ0) is 25.9. The summed E-state index contributed by atoms with van der Waals surface area (Å²) >= 11 is 0. The van der Waals surface area contributed by atoms with Crippen molar-refractivity contribution in [1.29, 1.82) is 0 Å². The number of rotatable bonds is 9. The molecule has 1 aliphatic heterocycles. The zero-order valence-corrected chi connectivity index (χ0v) is 21.6. The highest BCUT2D eigenvalue weighted by atomic mass is 32.2. The first-order chi connectivity index (χ1) is 16.5. The lowest BCUT2D eigenvalue weighted by molar-refractivity contribution is -0.396. The molecule has 0 radical (unpaired) electrons. The molecule has 12 heteroatoms.